The zero-order valence-corrected chi connectivity index (χ0v) is 15.5. The van der Waals surface area contributed by atoms with Crippen molar-refractivity contribution < 1.29 is 9.59 Å². The van der Waals surface area contributed by atoms with Gasteiger partial charge in [0, 0.05) is 31.7 Å². The lowest BCUT2D eigenvalue weighted by Crippen LogP contribution is -2.39. The standard InChI is InChI=1S/C20H29N3O2/c1-4-14-7-9-21-17(11-14)19(25)22-16-8-10-23(13-16)18(24)12-20(2,3)15-5-6-15/h7,9,11,15-16H,4-6,8,10,12-13H2,1-3H3,(H,22,25). The molecular weight excluding hydrogens is 314 g/mol. The van der Waals surface area contributed by atoms with Crippen molar-refractivity contribution in [1.29, 1.82) is 0 Å². The quantitative estimate of drug-likeness (QED) is 0.864. The first-order valence-corrected chi connectivity index (χ1v) is 9.42. The number of carbonyl (C=O) groups excluding carboxylic acids is 2. The third kappa shape index (κ3) is 4.39. The van der Waals surface area contributed by atoms with E-state index in [1.807, 2.05) is 17.0 Å². The van der Waals surface area contributed by atoms with Crippen molar-refractivity contribution >= 4 is 11.8 Å². The maximum atomic E-state index is 12.6. The Hall–Kier alpha value is -1.91. The molecule has 1 unspecified atom stereocenters. The average Bonchev–Trinajstić information content (AvgIpc) is 3.35. The molecule has 5 nitrogen and oxygen atoms in total. The monoisotopic (exact) mass is 343 g/mol. The van der Waals surface area contributed by atoms with Gasteiger partial charge in [-0.05, 0) is 54.7 Å². The van der Waals surface area contributed by atoms with E-state index in [1.54, 1.807) is 6.20 Å². The second-order valence-corrected chi connectivity index (χ2v) is 8.14. The predicted octanol–water partition coefficient (Wildman–Crippen LogP) is 2.80. The number of nitrogens with zero attached hydrogens (tertiary/aromatic N) is 2. The van der Waals surface area contributed by atoms with Crippen molar-refractivity contribution in [3.05, 3.63) is 29.6 Å². The minimum absolute atomic E-state index is 0.0209. The number of likely N-dealkylation sites (tertiary alicyclic amines) is 1. The second-order valence-electron chi connectivity index (χ2n) is 8.14. The SMILES string of the molecule is CCc1ccnc(C(=O)NC2CCN(C(=O)CC(C)(C)C3CC3)C2)c1. The molecule has 1 aliphatic heterocycles. The van der Waals surface area contributed by atoms with Crippen LogP contribution in [0.2, 0.25) is 0 Å². The molecule has 2 fully saturated rings. The zero-order valence-electron chi connectivity index (χ0n) is 15.5. The molecule has 1 saturated heterocycles. The third-order valence-corrected chi connectivity index (χ3v) is 5.63. The van der Waals surface area contributed by atoms with E-state index < -0.39 is 0 Å². The third-order valence-electron chi connectivity index (χ3n) is 5.63. The number of nitrogens with one attached hydrogen (secondary N) is 1. The zero-order chi connectivity index (χ0) is 18.0. The van der Waals surface area contributed by atoms with Gasteiger partial charge in [-0.3, -0.25) is 14.6 Å². The maximum absolute atomic E-state index is 12.6. The fraction of sp³-hybridized carbons (Fsp3) is 0.650. The van der Waals surface area contributed by atoms with Crippen LogP contribution in [0, 0.1) is 11.3 Å². The van der Waals surface area contributed by atoms with Crippen molar-refractivity contribution in [1.82, 2.24) is 15.2 Å². The van der Waals surface area contributed by atoms with Crippen molar-refractivity contribution in [2.75, 3.05) is 13.1 Å². The van der Waals surface area contributed by atoms with Crippen LogP contribution in [-0.2, 0) is 11.2 Å². The Bertz CT molecular complexity index is 652. The molecule has 0 bridgehead atoms. The summed E-state index contributed by atoms with van der Waals surface area (Å²) in [6.45, 7) is 7.79. The summed E-state index contributed by atoms with van der Waals surface area (Å²) >= 11 is 0. The number of rotatable bonds is 6. The number of hydrogen-bond acceptors (Lipinski definition) is 3. The van der Waals surface area contributed by atoms with Gasteiger partial charge in [0.05, 0.1) is 0 Å². The van der Waals surface area contributed by atoms with E-state index in [2.05, 4.69) is 31.1 Å². The van der Waals surface area contributed by atoms with E-state index in [0.717, 1.165) is 24.9 Å². The fourth-order valence-corrected chi connectivity index (χ4v) is 3.69. The number of aromatic nitrogens is 1. The van der Waals surface area contributed by atoms with Gasteiger partial charge in [-0.2, -0.15) is 0 Å². The van der Waals surface area contributed by atoms with Gasteiger partial charge in [-0.25, -0.2) is 0 Å². The van der Waals surface area contributed by atoms with Crippen LogP contribution in [-0.4, -0.2) is 40.8 Å². The smallest absolute Gasteiger partial charge is 0.270 e. The van der Waals surface area contributed by atoms with Crippen LogP contribution in [0.4, 0.5) is 0 Å². The Morgan fingerprint density at radius 3 is 2.76 bits per heavy atom. The average molecular weight is 343 g/mol. The molecule has 0 aromatic carbocycles. The lowest BCUT2D eigenvalue weighted by molar-refractivity contribution is -0.132. The second kappa shape index (κ2) is 7.14. The summed E-state index contributed by atoms with van der Waals surface area (Å²) < 4.78 is 0. The largest absolute Gasteiger partial charge is 0.346 e. The van der Waals surface area contributed by atoms with E-state index in [4.69, 9.17) is 0 Å². The van der Waals surface area contributed by atoms with Crippen LogP contribution in [0.25, 0.3) is 0 Å². The topological polar surface area (TPSA) is 62.3 Å². The Labute approximate surface area is 150 Å². The van der Waals surface area contributed by atoms with Gasteiger partial charge in [0.25, 0.3) is 5.91 Å². The van der Waals surface area contributed by atoms with Gasteiger partial charge in [0.15, 0.2) is 0 Å². The highest BCUT2D eigenvalue weighted by Crippen LogP contribution is 2.47. The van der Waals surface area contributed by atoms with Crippen LogP contribution in [0.15, 0.2) is 18.3 Å². The molecule has 1 N–H and O–H groups in total. The number of amides is 2. The van der Waals surface area contributed by atoms with Gasteiger partial charge in [0.2, 0.25) is 5.91 Å². The number of carbonyl (C=O) groups is 2. The molecule has 0 spiro atoms. The molecule has 1 aliphatic carbocycles. The summed E-state index contributed by atoms with van der Waals surface area (Å²) in [4.78, 5) is 31.0. The predicted molar refractivity (Wildman–Crippen MR) is 97.2 cm³/mol. The molecule has 1 atom stereocenters. The normalized spacial score (nSPS) is 20.6. The Morgan fingerprint density at radius 2 is 2.08 bits per heavy atom. The highest BCUT2D eigenvalue weighted by atomic mass is 16.2. The van der Waals surface area contributed by atoms with Crippen LogP contribution >= 0.6 is 0 Å². The van der Waals surface area contributed by atoms with Crippen molar-refractivity contribution in [3.8, 4) is 0 Å². The van der Waals surface area contributed by atoms with E-state index in [9.17, 15) is 9.59 Å². The molecule has 1 aromatic rings. The van der Waals surface area contributed by atoms with Crippen molar-refractivity contribution in [2.45, 2.75) is 58.9 Å². The van der Waals surface area contributed by atoms with Gasteiger partial charge < -0.3 is 10.2 Å². The summed E-state index contributed by atoms with van der Waals surface area (Å²) in [6.07, 6.45) is 6.49. The molecule has 3 rings (SSSR count). The summed E-state index contributed by atoms with van der Waals surface area (Å²) in [6, 6.07) is 3.78. The molecule has 25 heavy (non-hydrogen) atoms. The molecule has 1 saturated carbocycles. The van der Waals surface area contributed by atoms with Crippen molar-refractivity contribution in [2.24, 2.45) is 11.3 Å². The van der Waals surface area contributed by atoms with E-state index >= 15 is 0 Å². The molecular formula is C20H29N3O2. The minimum atomic E-state index is -0.145. The Kier molecular flexibility index (Phi) is 5.11. The van der Waals surface area contributed by atoms with Crippen LogP contribution in [0.3, 0.4) is 0 Å². The summed E-state index contributed by atoms with van der Waals surface area (Å²) in [7, 11) is 0. The molecule has 136 valence electrons. The minimum Gasteiger partial charge on any atom is -0.346 e. The van der Waals surface area contributed by atoms with Gasteiger partial charge in [-0.15, -0.1) is 0 Å². The van der Waals surface area contributed by atoms with Crippen molar-refractivity contribution in [3.63, 3.8) is 0 Å². The fourth-order valence-electron chi connectivity index (χ4n) is 3.69. The highest BCUT2D eigenvalue weighted by molar-refractivity contribution is 5.92. The number of aryl methyl sites for hydroxylation is 1. The molecule has 0 radical (unpaired) electrons. The Balaban J connectivity index is 1.52. The van der Waals surface area contributed by atoms with Gasteiger partial charge >= 0.3 is 0 Å². The first-order chi connectivity index (χ1) is 11.9. The highest BCUT2D eigenvalue weighted by Gasteiger charge is 2.40. The van der Waals surface area contributed by atoms with E-state index in [-0.39, 0.29) is 23.3 Å². The molecule has 2 heterocycles. The first kappa shape index (κ1) is 17.9. The lowest BCUT2D eigenvalue weighted by Gasteiger charge is -2.27. The molecule has 2 amide bonds. The first-order valence-electron chi connectivity index (χ1n) is 9.42. The maximum Gasteiger partial charge on any atom is 0.270 e. The van der Waals surface area contributed by atoms with Gasteiger partial charge in [-0.1, -0.05) is 20.8 Å². The van der Waals surface area contributed by atoms with E-state index in [1.165, 1.54) is 12.8 Å². The summed E-state index contributed by atoms with van der Waals surface area (Å²) in [5.74, 6) is 0.777. The summed E-state index contributed by atoms with van der Waals surface area (Å²) in [5.41, 5.74) is 1.66. The lowest BCUT2D eigenvalue weighted by atomic mass is 9.83. The van der Waals surface area contributed by atoms with Crippen LogP contribution in [0.1, 0.15) is 62.5 Å². The van der Waals surface area contributed by atoms with Gasteiger partial charge in [0.1, 0.15) is 5.69 Å². The van der Waals surface area contributed by atoms with Crippen LogP contribution in [0.5, 0.6) is 0 Å². The number of hydrogen-bond donors (Lipinski definition) is 1. The molecule has 1 aromatic heterocycles. The van der Waals surface area contributed by atoms with E-state index in [0.29, 0.717) is 24.6 Å². The molecule has 2 aliphatic rings. The van der Waals surface area contributed by atoms with Crippen LogP contribution < -0.4 is 5.32 Å². The summed E-state index contributed by atoms with van der Waals surface area (Å²) in [5, 5.41) is 3.03. The molecule has 5 heteroatoms. The Morgan fingerprint density at radius 1 is 1.32 bits per heavy atom. The number of pyridine rings is 1.